The molecule has 1 heterocycles. The Labute approximate surface area is 134 Å². The summed E-state index contributed by atoms with van der Waals surface area (Å²) >= 11 is 0. The maximum absolute atomic E-state index is 5.86. The average Bonchev–Trinajstić information content (AvgIpc) is 2.57. The third-order valence-corrected chi connectivity index (χ3v) is 3.91. The molecule has 1 aliphatic heterocycles. The van der Waals surface area contributed by atoms with E-state index in [4.69, 9.17) is 14.2 Å². The molecule has 22 heavy (non-hydrogen) atoms. The van der Waals surface area contributed by atoms with Crippen LogP contribution in [0.25, 0.3) is 0 Å². The van der Waals surface area contributed by atoms with Crippen molar-refractivity contribution in [1.82, 2.24) is 0 Å². The summed E-state index contributed by atoms with van der Waals surface area (Å²) < 4.78 is 17.4. The zero-order chi connectivity index (χ0) is 15.6. The summed E-state index contributed by atoms with van der Waals surface area (Å²) in [5.74, 6) is 1.42. The Morgan fingerprint density at radius 1 is 1.18 bits per heavy atom. The lowest BCUT2D eigenvalue weighted by Gasteiger charge is -2.29. The number of allylic oxidation sites excluding steroid dienone is 1. The molecule has 1 fully saturated rings. The van der Waals surface area contributed by atoms with Crippen LogP contribution in [0.5, 0.6) is 5.75 Å². The van der Waals surface area contributed by atoms with E-state index in [9.17, 15) is 0 Å². The van der Waals surface area contributed by atoms with Crippen molar-refractivity contribution in [1.29, 1.82) is 0 Å². The van der Waals surface area contributed by atoms with Crippen LogP contribution < -0.4 is 4.74 Å². The van der Waals surface area contributed by atoms with Gasteiger partial charge in [0.05, 0.1) is 19.8 Å². The molecule has 1 aliphatic rings. The largest absolute Gasteiger partial charge is 0.494 e. The second-order valence-electron chi connectivity index (χ2n) is 5.86. The van der Waals surface area contributed by atoms with Crippen LogP contribution in [0, 0.1) is 5.92 Å². The quantitative estimate of drug-likeness (QED) is 0.480. The van der Waals surface area contributed by atoms with Crippen LogP contribution in [-0.2, 0) is 9.47 Å². The van der Waals surface area contributed by atoms with Gasteiger partial charge >= 0.3 is 0 Å². The van der Waals surface area contributed by atoms with E-state index in [1.807, 2.05) is 30.3 Å². The minimum Gasteiger partial charge on any atom is -0.494 e. The van der Waals surface area contributed by atoms with Crippen LogP contribution in [0.4, 0.5) is 0 Å². The number of benzene rings is 1. The summed E-state index contributed by atoms with van der Waals surface area (Å²) in [6.45, 7) is 8.24. The predicted molar refractivity (Wildman–Crippen MR) is 89.0 cm³/mol. The summed E-state index contributed by atoms with van der Waals surface area (Å²) in [5, 5.41) is 0. The molecule has 0 spiro atoms. The van der Waals surface area contributed by atoms with Crippen molar-refractivity contribution in [3.05, 3.63) is 42.5 Å². The first-order valence-corrected chi connectivity index (χ1v) is 8.40. The molecule has 3 heteroatoms. The van der Waals surface area contributed by atoms with Gasteiger partial charge in [0, 0.05) is 11.5 Å². The molecule has 122 valence electrons. The Hall–Kier alpha value is -1.32. The van der Waals surface area contributed by atoms with Crippen molar-refractivity contribution in [2.75, 3.05) is 19.8 Å². The number of hydrogen-bond acceptors (Lipinski definition) is 3. The molecular weight excluding hydrogens is 276 g/mol. The van der Waals surface area contributed by atoms with Gasteiger partial charge in [0.25, 0.3) is 0 Å². The van der Waals surface area contributed by atoms with Gasteiger partial charge in [-0.05, 0) is 37.8 Å². The molecule has 0 bridgehead atoms. The van der Waals surface area contributed by atoms with E-state index >= 15 is 0 Å². The molecule has 3 nitrogen and oxygen atoms in total. The number of hydrogen-bond donors (Lipinski definition) is 0. The number of ether oxygens (including phenoxy) is 3. The molecule has 0 atom stereocenters. The topological polar surface area (TPSA) is 27.7 Å². The second-order valence-corrected chi connectivity index (χ2v) is 5.86. The molecule has 0 N–H and O–H groups in total. The fourth-order valence-electron chi connectivity index (χ4n) is 2.51. The first-order chi connectivity index (χ1) is 10.8. The third kappa shape index (κ3) is 5.47. The molecule has 0 aliphatic carbocycles. The fraction of sp³-hybridized carbons (Fsp3) is 0.579. The summed E-state index contributed by atoms with van der Waals surface area (Å²) in [7, 11) is 0. The maximum Gasteiger partial charge on any atom is 0.183 e. The SMILES string of the molecule is C=CCCCC1COC(c2ccc(OCCCC)cc2)OC1. The summed E-state index contributed by atoms with van der Waals surface area (Å²) in [4.78, 5) is 0. The highest BCUT2D eigenvalue weighted by atomic mass is 16.7. The van der Waals surface area contributed by atoms with Gasteiger partial charge in [0.2, 0.25) is 0 Å². The van der Waals surface area contributed by atoms with Gasteiger partial charge in [0.15, 0.2) is 6.29 Å². The Balaban J connectivity index is 1.75. The lowest BCUT2D eigenvalue weighted by Crippen LogP contribution is -2.27. The number of unbranched alkanes of at least 4 members (excludes halogenated alkanes) is 2. The Bertz CT molecular complexity index is 419. The molecule has 0 amide bonds. The Morgan fingerprint density at radius 2 is 1.91 bits per heavy atom. The average molecular weight is 304 g/mol. The molecule has 0 radical (unpaired) electrons. The smallest absolute Gasteiger partial charge is 0.183 e. The highest BCUT2D eigenvalue weighted by molar-refractivity contribution is 5.28. The lowest BCUT2D eigenvalue weighted by molar-refractivity contribution is -0.206. The second kappa shape index (κ2) is 9.65. The normalized spacial score (nSPS) is 21.5. The van der Waals surface area contributed by atoms with E-state index in [-0.39, 0.29) is 6.29 Å². The third-order valence-electron chi connectivity index (χ3n) is 3.91. The Kier molecular flexibility index (Phi) is 7.47. The van der Waals surface area contributed by atoms with Gasteiger partial charge in [-0.25, -0.2) is 0 Å². The zero-order valence-corrected chi connectivity index (χ0v) is 13.6. The van der Waals surface area contributed by atoms with Gasteiger partial charge in [-0.1, -0.05) is 31.6 Å². The standard InChI is InChI=1S/C19H28O3/c1-3-5-7-8-16-14-21-19(22-15-16)17-9-11-18(12-10-17)20-13-6-4-2/h3,9-12,16,19H,1,4-8,13-15H2,2H3. The van der Waals surface area contributed by atoms with Crippen LogP contribution >= 0.6 is 0 Å². The molecular formula is C19H28O3. The highest BCUT2D eigenvalue weighted by Crippen LogP contribution is 2.28. The van der Waals surface area contributed by atoms with Crippen LogP contribution in [0.3, 0.4) is 0 Å². The van der Waals surface area contributed by atoms with Crippen LogP contribution in [0.15, 0.2) is 36.9 Å². The summed E-state index contributed by atoms with van der Waals surface area (Å²) in [6.07, 6.45) is 7.34. The molecule has 1 saturated heterocycles. The lowest BCUT2D eigenvalue weighted by atomic mass is 10.0. The van der Waals surface area contributed by atoms with E-state index in [0.717, 1.165) is 63.2 Å². The monoisotopic (exact) mass is 304 g/mol. The molecule has 0 saturated carbocycles. The van der Waals surface area contributed by atoms with E-state index in [2.05, 4.69) is 13.5 Å². The zero-order valence-electron chi connectivity index (χ0n) is 13.6. The fourth-order valence-corrected chi connectivity index (χ4v) is 2.51. The van der Waals surface area contributed by atoms with E-state index in [1.165, 1.54) is 0 Å². The molecule has 0 unspecified atom stereocenters. The first kappa shape index (κ1) is 17.0. The van der Waals surface area contributed by atoms with Gasteiger partial charge in [0.1, 0.15) is 5.75 Å². The van der Waals surface area contributed by atoms with E-state index in [1.54, 1.807) is 0 Å². The van der Waals surface area contributed by atoms with Crippen LogP contribution in [0.2, 0.25) is 0 Å². The van der Waals surface area contributed by atoms with Crippen molar-refractivity contribution in [3.63, 3.8) is 0 Å². The molecule has 1 aromatic carbocycles. The Morgan fingerprint density at radius 3 is 2.55 bits per heavy atom. The maximum atomic E-state index is 5.86. The van der Waals surface area contributed by atoms with E-state index < -0.39 is 0 Å². The number of rotatable bonds is 9. The molecule has 2 rings (SSSR count). The molecule has 0 aromatic heterocycles. The summed E-state index contributed by atoms with van der Waals surface area (Å²) in [6, 6.07) is 8.05. The van der Waals surface area contributed by atoms with Crippen molar-refractivity contribution < 1.29 is 14.2 Å². The predicted octanol–water partition coefficient (Wildman–Crippen LogP) is 4.88. The van der Waals surface area contributed by atoms with Gasteiger partial charge < -0.3 is 14.2 Å². The van der Waals surface area contributed by atoms with Crippen molar-refractivity contribution >= 4 is 0 Å². The van der Waals surface area contributed by atoms with E-state index in [0.29, 0.717) is 5.92 Å². The molecule has 1 aromatic rings. The first-order valence-electron chi connectivity index (χ1n) is 8.40. The highest BCUT2D eigenvalue weighted by Gasteiger charge is 2.23. The van der Waals surface area contributed by atoms with Crippen LogP contribution in [0.1, 0.15) is 50.9 Å². The van der Waals surface area contributed by atoms with Crippen molar-refractivity contribution in [3.8, 4) is 5.75 Å². The van der Waals surface area contributed by atoms with Gasteiger partial charge in [-0.15, -0.1) is 6.58 Å². The minimum atomic E-state index is -0.236. The van der Waals surface area contributed by atoms with Crippen molar-refractivity contribution in [2.24, 2.45) is 5.92 Å². The minimum absolute atomic E-state index is 0.236. The summed E-state index contributed by atoms with van der Waals surface area (Å²) in [5.41, 5.74) is 1.06. The van der Waals surface area contributed by atoms with Gasteiger partial charge in [-0.3, -0.25) is 0 Å². The van der Waals surface area contributed by atoms with Crippen LogP contribution in [-0.4, -0.2) is 19.8 Å². The van der Waals surface area contributed by atoms with Crippen molar-refractivity contribution in [2.45, 2.75) is 45.3 Å². The van der Waals surface area contributed by atoms with Gasteiger partial charge in [-0.2, -0.15) is 0 Å².